The number of nitrogens with zero attached hydrogens (tertiary/aromatic N) is 1. The van der Waals surface area contributed by atoms with Crippen LogP contribution in [0.2, 0.25) is 0 Å². The summed E-state index contributed by atoms with van der Waals surface area (Å²) in [5.41, 5.74) is -1.43. The Hall–Kier alpha value is -0.210. The molecule has 7 heteroatoms. The molecule has 6 nitrogen and oxygen atoms in total. The molecule has 0 aliphatic carbocycles. The fraction of sp³-hybridized carbons (Fsp3) is 1.00. The first kappa shape index (κ1) is 14.8. The van der Waals surface area contributed by atoms with E-state index in [2.05, 4.69) is 4.72 Å². The first-order chi connectivity index (χ1) is 6.79. The monoisotopic (exact) mass is 240 g/mol. The van der Waals surface area contributed by atoms with Crippen LogP contribution in [0.4, 0.5) is 0 Å². The zero-order valence-electron chi connectivity index (χ0n) is 9.39. The highest BCUT2D eigenvalue weighted by Crippen LogP contribution is 2.02. The third-order valence-electron chi connectivity index (χ3n) is 2.02. The fourth-order valence-electron chi connectivity index (χ4n) is 0.957. The van der Waals surface area contributed by atoms with Crippen molar-refractivity contribution in [1.82, 2.24) is 9.03 Å². The van der Waals surface area contributed by atoms with Gasteiger partial charge in [-0.15, -0.1) is 0 Å². The van der Waals surface area contributed by atoms with Gasteiger partial charge in [0.1, 0.15) is 0 Å². The average molecular weight is 240 g/mol. The van der Waals surface area contributed by atoms with Crippen LogP contribution >= 0.6 is 0 Å². The van der Waals surface area contributed by atoms with Gasteiger partial charge in [-0.05, 0) is 6.92 Å². The summed E-state index contributed by atoms with van der Waals surface area (Å²) in [7, 11) is -3.55. The van der Waals surface area contributed by atoms with E-state index in [9.17, 15) is 13.5 Å². The normalized spacial score (nSPS) is 16.7. The summed E-state index contributed by atoms with van der Waals surface area (Å²) in [6.07, 6.45) is 0. The molecule has 0 fully saturated rings. The van der Waals surface area contributed by atoms with Crippen molar-refractivity contribution in [3.63, 3.8) is 0 Å². The van der Waals surface area contributed by atoms with Gasteiger partial charge in [0.05, 0.1) is 12.2 Å². The minimum Gasteiger partial charge on any atom is -0.393 e. The Morgan fingerprint density at radius 2 is 1.80 bits per heavy atom. The molecule has 15 heavy (non-hydrogen) atoms. The number of hydrogen-bond donors (Lipinski definition) is 3. The second kappa shape index (κ2) is 5.76. The molecule has 0 radical (unpaired) electrons. The van der Waals surface area contributed by atoms with Gasteiger partial charge in [0.2, 0.25) is 0 Å². The highest BCUT2D eigenvalue weighted by atomic mass is 32.2. The molecular weight excluding hydrogens is 220 g/mol. The van der Waals surface area contributed by atoms with Gasteiger partial charge in [0.25, 0.3) is 10.2 Å². The first-order valence-corrected chi connectivity index (χ1v) is 6.31. The van der Waals surface area contributed by atoms with Gasteiger partial charge in [-0.25, -0.2) is 0 Å². The molecule has 0 aliphatic heterocycles. The molecule has 3 N–H and O–H groups in total. The molecule has 92 valence electrons. The predicted molar refractivity (Wildman–Crippen MR) is 57.6 cm³/mol. The Morgan fingerprint density at radius 1 is 1.33 bits per heavy atom. The molecule has 1 atom stereocenters. The Labute approximate surface area is 91.1 Å². The topological polar surface area (TPSA) is 89.9 Å². The molecule has 0 saturated carbocycles. The maximum atomic E-state index is 11.6. The van der Waals surface area contributed by atoms with E-state index in [0.29, 0.717) is 13.1 Å². The molecule has 0 aromatic heterocycles. The van der Waals surface area contributed by atoms with Crippen LogP contribution in [0.15, 0.2) is 0 Å². The highest BCUT2D eigenvalue weighted by Gasteiger charge is 2.24. The Bertz CT molecular complexity index is 272. The van der Waals surface area contributed by atoms with Gasteiger partial charge >= 0.3 is 0 Å². The van der Waals surface area contributed by atoms with Crippen molar-refractivity contribution in [3.05, 3.63) is 0 Å². The number of aliphatic hydroxyl groups excluding tert-OH is 1. The number of hydrogen-bond acceptors (Lipinski definition) is 4. The molecule has 1 unspecified atom stereocenters. The maximum absolute atomic E-state index is 11.6. The standard InChI is InChI=1S/C8H20N2O4S/c1-4-10(5-2)15(13,14)9-6-8(3,12)7-11/h9,11-12H,4-7H2,1-3H3. The van der Waals surface area contributed by atoms with Gasteiger partial charge in [-0.1, -0.05) is 13.8 Å². The van der Waals surface area contributed by atoms with E-state index < -0.39 is 22.4 Å². The summed E-state index contributed by atoms with van der Waals surface area (Å²) in [5.74, 6) is 0. The van der Waals surface area contributed by atoms with Crippen LogP contribution in [0.1, 0.15) is 20.8 Å². The minimum atomic E-state index is -3.55. The lowest BCUT2D eigenvalue weighted by atomic mass is 10.1. The van der Waals surface area contributed by atoms with Crippen molar-refractivity contribution >= 4 is 10.2 Å². The van der Waals surface area contributed by atoms with Gasteiger partial charge in [0, 0.05) is 19.6 Å². The lowest BCUT2D eigenvalue weighted by Gasteiger charge is -2.24. The van der Waals surface area contributed by atoms with Crippen LogP contribution in [0.3, 0.4) is 0 Å². The lowest BCUT2D eigenvalue weighted by Crippen LogP contribution is -2.48. The molecule has 0 aromatic rings. The second-order valence-electron chi connectivity index (χ2n) is 3.57. The second-order valence-corrected chi connectivity index (χ2v) is 5.32. The molecule has 0 saturated heterocycles. The third-order valence-corrected chi connectivity index (χ3v) is 3.73. The van der Waals surface area contributed by atoms with Gasteiger partial charge in [-0.3, -0.25) is 0 Å². The highest BCUT2D eigenvalue weighted by molar-refractivity contribution is 7.87. The van der Waals surface area contributed by atoms with Crippen LogP contribution < -0.4 is 4.72 Å². The summed E-state index contributed by atoms with van der Waals surface area (Å²) in [4.78, 5) is 0. The average Bonchev–Trinajstić information content (AvgIpc) is 2.17. The Kier molecular flexibility index (Phi) is 5.68. The van der Waals surface area contributed by atoms with Crippen molar-refractivity contribution in [2.24, 2.45) is 0 Å². The van der Waals surface area contributed by atoms with Crippen molar-refractivity contribution in [2.75, 3.05) is 26.2 Å². The molecule has 0 amide bonds. The van der Waals surface area contributed by atoms with Gasteiger partial charge in [-0.2, -0.15) is 17.4 Å². The number of aliphatic hydroxyl groups is 2. The van der Waals surface area contributed by atoms with E-state index in [0.717, 1.165) is 0 Å². The summed E-state index contributed by atoms with van der Waals surface area (Å²) in [6.45, 7) is 4.86. The Balaban J connectivity index is 4.40. The minimum absolute atomic E-state index is 0.206. The molecule has 0 aliphatic rings. The molecule has 0 spiro atoms. The lowest BCUT2D eigenvalue weighted by molar-refractivity contribution is 0.00655. The van der Waals surface area contributed by atoms with Gasteiger partial charge in [0.15, 0.2) is 0 Å². The van der Waals surface area contributed by atoms with E-state index in [1.165, 1.54) is 11.2 Å². The smallest absolute Gasteiger partial charge is 0.279 e. The summed E-state index contributed by atoms with van der Waals surface area (Å²) in [5, 5.41) is 18.2. The quantitative estimate of drug-likeness (QED) is 0.527. The van der Waals surface area contributed by atoms with Crippen LogP contribution in [0.25, 0.3) is 0 Å². The van der Waals surface area contributed by atoms with E-state index in [1.807, 2.05) is 0 Å². The van der Waals surface area contributed by atoms with Crippen LogP contribution in [0, 0.1) is 0 Å². The van der Waals surface area contributed by atoms with E-state index >= 15 is 0 Å². The fourth-order valence-corrected chi connectivity index (χ4v) is 2.31. The Morgan fingerprint density at radius 3 is 2.13 bits per heavy atom. The molecular formula is C8H20N2O4S. The van der Waals surface area contributed by atoms with E-state index in [-0.39, 0.29) is 6.54 Å². The summed E-state index contributed by atoms with van der Waals surface area (Å²) in [6, 6.07) is 0. The van der Waals surface area contributed by atoms with Crippen molar-refractivity contribution in [1.29, 1.82) is 0 Å². The largest absolute Gasteiger partial charge is 0.393 e. The van der Waals surface area contributed by atoms with Crippen molar-refractivity contribution < 1.29 is 18.6 Å². The van der Waals surface area contributed by atoms with Crippen molar-refractivity contribution in [3.8, 4) is 0 Å². The third kappa shape index (κ3) is 4.89. The SMILES string of the molecule is CCN(CC)S(=O)(=O)NCC(C)(O)CO. The number of nitrogens with one attached hydrogen (secondary N) is 1. The molecule has 0 heterocycles. The summed E-state index contributed by atoms with van der Waals surface area (Å²) < 4.78 is 26.6. The van der Waals surface area contributed by atoms with Crippen molar-refractivity contribution in [2.45, 2.75) is 26.4 Å². The van der Waals surface area contributed by atoms with Crippen LogP contribution in [-0.2, 0) is 10.2 Å². The molecule has 0 bridgehead atoms. The van der Waals surface area contributed by atoms with E-state index in [4.69, 9.17) is 5.11 Å². The van der Waals surface area contributed by atoms with Crippen LogP contribution in [-0.4, -0.2) is 54.8 Å². The summed E-state index contributed by atoms with van der Waals surface area (Å²) >= 11 is 0. The van der Waals surface area contributed by atoms with Crippen LogP contribution in [0.5, 0.6) is 0 Å². The van der Waals surface area contributed by atoms with Gasteiger partial charge < -0.3 is 10.2 Å². The zero-order valence-corrected chi connectivity index (χ0v) is 10.2. The predicted octanol–water partition coefficient (Wildman–Crippen LogP) is -1.09. The maximum Gasteiger partial charge on any atom is 0.279 e. The first-order valence-electron chi connectivity index (χ1n) is 4.87. The number of rotatable bonds is 7. The van der Waals surface area contributed by atoms with E-state index in [1.54, 1.807) is 13.8 Å². The molecule has 0 aromatic carbocycles. The zero-order chi connectivity index (χ0) is 12.1. The molecule has 0 rings (SSSR count).